The summed E-state index contributed by atoms with van der Waals surface area (Å²) >= 11 is 0. The number of unbranched alkanes of at least 4 members (excludes halogenated alkanes) is 2. The zero-order chi connectivity index (χ0) is 13.1. The van der Waals surface area contributed by atoms with Gasteiger partial charge in [0.2, 0.25) is 0 Å². The van der Waals surface area contributed by atoms with Gasteiger partial charge in [0.25, 0.3) is 0 Å². The molecule has 0 saturated carbocycles. The SMILES string of the molecule is NCCCCC(CCCCN)C1=CC=CC=CN1. The Morgan fingerprint density at radius 1 is 0.889 bits per heavy atom. The van der Waals surface area contributed by atoms with Gasteiger partial charge in [0.1, 0.15) is 0 Å². The number of nitrogens with two attached hydrogens (primary N) is 2. The summed E-state index contributed by atoms with van der Waals surface area (Å²) in [5.74, 6) is 0.607. The zero-order valence-electron chi connectivity index (χ0n) is 11.3. The van der Waals surface area contributed by atoms with Crippen molar-refractivity contribution in [3.05, 3.63) is 36.2 Å². The molecule has 1 aliphatic heterocycles. The lowest BCUT2D eigenvalue weighted by molar-refractivity contribution is 0.455. The first-order valence-corrected chi connectivity index (χ1v) is 7.08. The van der Waals surface area contributed by atoms with Gasteiger partial charge in [0.05, 0.1) is 0 Å². The molecule has 0 atom stereocenters. The van der Waals surface area contributed by atoms with E-state index in [1.807, 2.05) is 12.3 Å². The Labute approximate surface area is 111 Å². The lowest BCUT2D eigenvalue weighted by Gasteiger charge is -2.20. The minimum atomic E-state index is 0.607. The van der Waals surface area contributed by atoms with Crippen molar-refractivity contribution >= 4 is 0 Å². The van der Waals surface area contributed by atoms with Crippen LogP contribution in [0.1, 0.15) is 38.5 Å². The first kappa shape index (κ1) is 15.0. The Hall–Kier alpha value is -1.06. The van der Waals surface area contributed by atoms with Crippen LogP contribution < -0.4 is 16.8 Å². The molecule has 0 spiro atoms. The van der Waals surface area contributed by atoms with Gasteiger partial charge in [0.15, 0.2) is 0 Å². The predicted octanol–water partition coefficient (Wildman–Crippen LogP) is 2.42. The minimum absolute atomic E-state index is 0.607. The summed E-state index contributed by atoms with van der Waals surface area (Å²) in [4.78, 5) is 0. The van der Waals surface area contributed by atoms with Gasteiger partial charge in [-0.15, -0.1) is 0 Å². The summed E-state index contributed by atoms with van der Waals surface area (Å²) in [6, 6.07) is 0. The Morgan fingerprint density at radius 2 is 1.56 bits per heavy atom. The summed E-state index contributed by atoms with van der Waals surface area (Å²) in [6.45, 7) is 1.59. The molecule has 0 amide bonds. The average molecular weight is 249 g/mol. The van der Waals surface area contributed by atoms with Gasteiger partial charge in [0, 0.05) is 11.9 Å². The lowest BCUT2D eigenvalue weighted by atomic mass is 9.92. The van der Waals surface area contributed by atoms with E-state index < -0.39 is 0 Å². The van der Waals surface area contributed by atoms with Crippen LogP contribution in [-0.4, -0.2) is 13.1 Å². The molecule has 0 unspecified atom stereocenters. The number of rotatable bonds is 9. The molecule has 0 radical (unpaired) electrons. The second kappa shape index (κ2) is 9.92. The van der Waals surface area contributed by atoms with E-state index in [1.165, 1.54) is 31.4 Å². The summed E-state index contributed by atoms with van der Waals surface area (Å²) in [6.07, 6.45) is 17.4. The lowest BCUT2D eigenvalue weighted by Crippen LogP contribution is -2.16. The topological polar surface area (TPSA) is 64.1 Å². The maximum absolute atomic E-state index is 5.57. The summed E-state index contributed by atoms with van der Waals surface area (Å²) < 4.78 is 0. The molecule has 0 aromatic heterocycles. The summed E-state index contributed by atoms with van der Waals surface area (Å²) in [5, 5.41) is 3.39. The van der Waals surface area contributed by atoms with Crippen molar-refractivity contribution in [2.75, 3.05) is 13.1 Å². The second-order valence-corrected chi connectivity index (χ2v) is 4.78. The standard InChI is InChI=1S/C15H27N3/c16-11-5-3-8-14(9-4-6-12-17)15-10-2-1-7-13-18-15/h1-2,7,10,13-14,18H,3-6,8-9,11-12,16-17H2. The minimum Gasteiger partial charge on any atom is -0.365 e. The molecule has 102 valence electrons. The number of hydrogen-bond donors (Lipinski definition) is 3. The third-order valence-electron chi connectivity index (χ3n) is 3.30. The van der Waals surface area contributed by atoms with Gasteiger partial charge in [-0.05, 0) is 56.8 Å². The molecule has 0 aromatic rings. The third-order valence-corrected chi connectivity index (χ3v) is 3.30. The molecule has 1 rings (SSSR count). The van der Waals surface area contributed by atoms with Crippen molar-refractivity contribution in [3.8, 4) is 0 Å². The highest BCUT2D eigenvalue weighted by molar-refractivity contribution is 5.22. The molecule has 0 fully saturated rings. The van der Waals surface area contributed by atoms with Crippen LogP contribution >= 0.6 is 0 Å². The van der Waals surface area contributed by atoms with Crippen LogP contribution in [0, 0.1) is 5.92 Å². The molecule has 5 N–H and O–H groups in total. The Morgan fingerprint density at radius 3 is 2.17 bits per heavy atom. The van der Waals surface area contributed by atoms with Crippen molar-refractivity contribution in [2.45, 2.75) is 38.5 Å². The Kier molecular flexibility index (Phi) is 8.26. The maximum atomic E-state index is 5.57. The maximum Gasteiger partial charge on any atom is 0.0178 e. The second-order valence-electron chi connectivity index (χ2n) is 4.78. The molecule has 1 aliphatic rings. The van der Waals surface area contributed by atoms with Crippen molar-refractivity contribution in [1.82, 2.24) is 5.32 Å². The quantitative estimate of drug-likeness (QED) is 0.550. The Balaban J connectivity index is 2.48. The van der Waals surface area contributed by atoms with Crippen LogP contribution in [-0.2, 0) is 0 Å². The van der Waals surface area contributed by atoms with E-state index in [9.17, 15) is 0 Å². The van der Waals surface area contributed by atoms with E-state index in [-0.39, 0.29) is 0 Å². The van der Waals surface area contributed by atoms with E-state index >= 15 is 0 Å². The molecule has 0 aliphatic carbocycles. The highest BCUT2D eigenvalue weighted by Gasteiger charge is 2.13. The highest BCUT2D eigenvalue weighted by atomic mass is 14.9. The van der Waals surface area contributed by atoms with Crippen molar-refractivity contribution in [3.63, 3.8) is 0 Å². The van der Waals surface area contributed by atoms with Crippen LogP contribution in [0.4, 0.5) is 0 Å². The fourth-order valence-corrected chi connectivity index (χ4v) is 2.25. The van der Waals surface area contributed by atoms with Gasteiger partial charge in [-0.25, -0.2) is 0 Å². The number of allylic oxidation sites excluding steroid dienone is 5. The number of hydrogen-bond acceptors (Lipinski definition) is 3. The van der Waals surface area contributed by atoms with E-state index in [1.54, 1.807) is 0 Å². The monoisotopic (exact) mass is 249 g/mol. The third kappa shape index (κ3) is 6.03. The Bertz CT molecular complexity index is 282. The number of nitrogens with one attached hydrogen (secondary N) is 1. The molecule has 0 aromatic carbocycles. The fraction of sp³-hybridized carbons (Fsp3) is 0.600. The van der Waals surface area contributed by atoms with Crippen molar-refractivity contribution < 1.29 is 0 Å². The van der Waals surface area contributed by atoms with Crippen molar-refractivity contribution in [2.24, 2.45) is 17.4 Å². The molecule has 1 heterocycles. The van der Waals surface area contributed by atoms with Crippen molar-refractivity contribution in [1.29, 1.82) is 0 Å². The first-order chi connectivity index (χ1) is 8.88. The summed E-state index contributed by atoms with van der Waals surface area (Å²) in [5.41, 5.74) is 12.5. The normalized spacial score (nSPS) is 14.5. The van der Waals surface area contributed by atoms with E-state index in [2.05, 4.69) is 23.5 Å². The van der Waals surface area contributed by atoms with Crippen LogP contribution in [0.5, 0.6) is 0 Å². The van der Waals surface area contributed by atoms with Crippen LogP contribution in [0.15, 0.2) is 36.2 Å². The van der Waals surface area contributed by atoms with Crippen LogP contribution in [0.25, 0.3) is 0 Å². The fourth-order valence-electron chi connectivity index (χ4n) is 2.25. The molecule has 3 nitrogen and oxygen atoms in total. The zero-order valence-corrected chi connectivity index (χ0v) is 11.3. The highest BCUT2D eigenvalue weighted by Crippen LogP contribution is 2.23. The molecular weight excluding hydrogens is 222 g/mol. The molecule has 0 saturated heterocycles. The first-order valence-electron chi connectivity index (χ1n) is 7.08. The predicted molar refractivity (Wildman–Crippen MR) is 78.8 cm³/mol. The average Bonchev–Trinajstić information content (AvgIpc) is 2.66. The molecular formula is C15H27N3. The van der Waals surface area contributed by atoms with Crippen LogP contribution in [0.2, 0.25) is 0 Å². The van der Waals surface area contributed by atoms with Gasteiger partial charge in [-0.3, -0.25) is 0 Å². The van der Waals surface area contributed by atoms with Crippen LogP contribution in [0.3, 0.4) is 0 Å². The summed E-state index contributed by atoms with van der Waals surface area (Å²) in [7, 11) is 0. The van der Waals surface area contributed by atoms with Gasteiger partial charge in [-0.1, -0.05) is 25.0 Å². The molecule has 3 heteroatoms. The smallest absolute Gasteiger partial charge is 0.0178 e. The van der Waals surface area contributed by atoms with Gasteiger partial charge < -0.3 is 16.8 Å². The van der Waals surface area contributed by atoms with E-state index in [0.29, 0.717) is 5.92 Å². The van der Waals surface area contributed by atoms with E-state index in [4.69, 9.17) is 11.5 Å². The van der Waals surface area contributed by atoms with Gasteiger partial charge >= 0.3 is 0 Å². The largest absolute Gasteiger partial charge is 0.365 e. The molecule has 18 heavy (non-hydrogen) atoms. The molecule has 0 bridgehead atoms. The van der Waals surface area contributed by atoms with E-state index in [0.717, 1.165) is 25.9 Å². The van der Waals surface area contributed by atoms with Gasteiger partial charge in [-0.2, -0.15) is 0 Å².